The van der Waals surface area contributed by atoms with Crippen molar-refractivity contribution in [1.29, 1.82) is 0 Å². The van der Waals surface area contributed by atoms with Crippen molar-refractivity contribution in [3.05, 3.63) is 71.7 Å². The van der Waals surface area contributed by atoms with Gasteiger partial charge in [0.25, 0.3) is 5.91 Å². The normalized spacial score (nSPS) is 14.6. The van der Waals surface area contributed by atoms with Crippen LogP contribution in [-0.4, -0.2) is 53.5 Å². The minimum Gasteiger partial charge on any atom is -0.339 e. The molecule has 0 unspecified atom stereocenters. The standard InChI is InChI=1S/C23H26FN3O/c1-25(14-15-26-12-6-7-13-26)23(28)22-16-18-8-3-5-11-21(18)27(22)17-19-9-2-4-10-20(19)24/h2-5,8-11,16H,6-7,12-15,17H2,1H3. The van der Waals surface area contributed by atoms with Crippen LogP contribution >= 0.6 is 0 Å². The monoisotopic (exact) mass is 379 g/mol. The summed E-state index contributed by atoms with van der Waals surface area (Å²) in [4.78, 5) is 17.4. The van der Waals surface area contributed by atoms with Crippen molar-refractivity contribution < 1.29 is 9.18 Å². The van der Waals surface area contributed by atoms with Crippen molar-refractivity contribution in [1.82, 2.24) is 14.4 Å². The molecule has 2 heterocycles. The molecule has 146 valence electrons. The lowest BCUT2D eigenvalue weighted by molar-refractivity contribution is 0.0772. The van der Waals surface area contributed by atoms with E-state index in [0.717, 1.165) is 30.5 Å². The smallest absolute Gasteiger partial charge is 0.270 e. The van der Waals surface area contributed by atoms with Crippen LogP contribution in [0.25, 0.3) is 10.9 Å². The van der Waals surface area contributed by atoms with Crippen LogP contribution in [0.4, 0.5) is 4.39 Å². The second-order valence-corrected chi connectivity index (χ2v) is 7.54. The lowest BCUT2D eigenvalue weighted by Crippen LogP contribution is -2.36. The van der Waals surface area contributed by atoms with Gasteiger partial charge in [-0.05, 0) is 44.1 Å². The summed E-state index contributed by atoms with van der Waals surface area (Å²) < 4.78 is 16.2. The molecule has 3 aromatic rings. The number of nitrogens with zero attached hydrogens (tertiary/aromatic N) is 3. The number of hydrogen-bond donors (Lipinski definition) is 0. The first-order valence-electron chi connectivity index (χ1n) is 9.93. The van der Waals surface area contributed by atoms with Gasteiger partial charge in [-0.25, -0.2) is 4.39 Å². The Morgan fingerprint density at radius 3 is 2.57 bits per heavy atom. The van der Waals surface area contributed by atoms with Crippen molar-refractivity contribution in [3.63, 3.8) is 0 Å². The predicted molar refractivity (Wildman–Crippen MR) is 110 cm³/mol. The number of hydrogen-bond acceptors (Lipinski definition) is 2. The highest BCUT2D eigenvalue weighted by Gasteiger charge is 2.21. The van der Waals surface area contributed by atoms with E-state index in [2.05, 4.69) is 4.90 Å². The molecule has 28 heavy (non-hydrogen) atoms. The van der Waals surface area contributed by atoms with Crippen LogP contribution in [0.15, 0.2) is 54.6 Å². The number of likely N-dealkylation sites (N-methyl/N-ethyl adjacent to an activating group) is 1. The second-order valence-electron chi connectivity index (χ2n) is 7.54. The summed E-state index contributed by atoms with van der Waals surface area (Å²) in [5, 5.41) is 0.995. The molecule has 5 heteroatoms. The molecule has 0 radical (unpaired) electrons. The number of aromatic nitrogens is 1. The summed E-state index contributed by atoms with van der Waals surface area (Å²) in [6, 6.07) is 16.6. The molecule has 4 rings (SSSR count). The molecule has 4 nitrogen and oxygen atoms in total. The number of benzene rings is 2. The quantitative estimate of drug-likeness (QED) is 0.648. The van der Waals surface area contributed by atoms with Crippen LogP contribution < -0.4 is 0 Å². The highest BCUT2D eigenvalue weighted by atomic mass is 19.1. The number of carbonyl (C=O) groups excluding carboxylic acids is 1. The molecule has 1 aliphatic rings. The van der Waals surface area contributed by atoms with Gasteiger partial charge in [-0.1, -0.05) is 36.4 Å². The van der Waals surface area contributed by atoms with Crippen LogP contribution in [0, 0.1) is 5.82 Å². The molecule has 0 atom stereocenters. The van der Waals surface area contributed by atoms with Gasteiger partial charge in [-0.3, -0.25) is 4.79 Å². The summed E-state index contributed by atoms with van der Waals surface area (Å²) in [5.74, 6) is -0.271. The fraction of sp³-hybridized carbons (Fsp3) is 0.348. The number of rotatable bonds is 6. The second kappa shape index (κ2) is 8.15. The van der Waals surface area contributed by atoms with E-state index in [9.17, 15) is 9.18 Å². The molecule has 2 aromatic carbocycles. The van der Waals surface area contributed by atoms with Gasteiger partial charge in [0, 0.05) is 36.6 Å². The maximum absolute atomic E-state index is 14.3. The molecular weight excluding hydrogens is 353 g/mol. The predicted octanol–water partition coefficient (Wildman–Crippen LogP) is 4.00. The molecule has 0 N–H and O–H groups in total. The first kappa shape index (κ1) is 18.7. The molecule has 1 aliphatic heterocycles. The van der Waals surface area contributed by atoms with Crippen LogP contribution in [0.5, 0.6) is 0 Å². The first-order chi connectivity index (χ1) is 13.6. The third kappa shape index (κ3) is 3.80. The molecule has 0 bridgehead atoms. The van der Waals surface area contributed by atoms with Gasteiger partial charge in [-0.15, -0.1) is 0 Å². The number of para-hydroxylation sites is 1. The number of fused-ring (bicyclic) bond motifs is 1. The van der Waals surface area contributed by atoms with E-state index in [4.69, 9.17) is 0 Å². The Bertz CT molecular complexity index is 975. The maximum atomic E-state index is 14.3. The average Bonchev–Trinajstić information content (AvgIpc) is 3.35. The Balaban J connectivity index is 1.62. The fourth-order valence-corrected chi connectivity index (χ4v) is 3.95. The molecule has 1 amide bonds. The Kier molecular flexibility index (Phi) is 5.44. The fourth-order valence-electron chi connectivity index (χ4n) is 3.95. The SMILES string of the molecule is CN(CCN1CCCC1)C(=O)c1cc2ccccc2n1Cc1ccccc1F. The average molecular weight is 379 g/mol. The molecule has 1 saturated heterocycles. The number of carbonyl (C=O) groups is 1. The Morgan fingerprint density at radius 2 is 1.79 bits per heavy atom. The van der Waals surface area contributed by atoms with Gasteiger partial charge >= 0.3 is 0 Å². The molecule has 0 aliphatic carbocycles. The third-order valence-corrected chi connectivity index (χ3v) is 5.61. The highest BCUT2D eigenvalue weighted by Crippen LogP contribution is 2.23. The van der Waals surface area contributed by atoms with Crippen molar-refractivity contribution in [3.8, 4) is 0 Å². The molecule has 1 fully saturated rings. The highest BCUT2D eigenvalue weighted by molar-refractivity contribution is 5.98. The van der Waals surface area contributed by atoms with Gasteiger partial charge < -0.3 is 14.4 Å². The first-order valence-corrected chi connectivity index (χ1v) is 9.93. The van der Waals surface area contributed by atoms with Crippen molar-refractivity contribution in [2.75, 3.05) is 33.2 Å². The largest absolute Gasteiger partial charge is 0.339 e. The van der Waals surface area contributed by atoms with Crippen LogP contribution in [0.2, 0.25) is 0 Å². The topological polar surface area (TPSA) is 28.5 Å². The number of likely N-dealkylation sites (tertiary alicyclic amines) is 1. The van der Waals surface area contributed by atoms with Crippen LogP contribution in [0.1, 0.15) is 28.9 Å². The third-order valence-electron chi connectivity index (χ3n) is 5.61. The zero-order valence-electron chi connectivity index (χ0n) is 16.3. The molecular formula is C23H26FN3O. The van der Waals surface area contributed by atoms with E-state index in [-0.39, 0.29) is 11.7 Å². The molecule has 0 spiro atoms. The zero-order chi connectivity index (χ0) is 19.5. The van der Waals surface area contributed by atoms with E-state index in [1.54, 1.807) is 17.0 Å². The van der Waals surface area contributed by atoms with E-state index in [1.807, 2.05) is 48.0 Å². The summed E-state index contributed by atoms with van der Waals surface area (Å²) in [6.45, 7) is 4.17. The lowest BCUT2D eigenvalue weighted by Gasteiger charge is -2.22. The van der Waals surface area contributed by atoms with Crippen molar-refractivity contribution in [2.24, 2.45) is 0 Å². The van der Waals surface area contributed by atoms with Gasteiger partial charge in [0.15, 0.2) is 0 Å². The van der Waals surface area contributed by atoms with E-state index in [1.165, 1.54) is 18.9 Å². The van der Waals surface area contributed by atoms with Gasteiger partial charge in [0.1, 0.15) is 11.5 Å². The van der Waals surface area contributed by atoms with Gasteiger partial charge in [0.05, 0.1) is 6.54 Å². The number of halogens is 1. The Morgan fingerprint density at radius 1 is 1.07 bits per heavy atom. The summed E-state index contributed by atoms with van der Waals surface area (Å²) >= 11 is 0. The Labute approximate surface area is 165 Å². The summed E-state index contributed by atoms with van der Waals surface area (Å²) in [7, 11) is 1.85. The minimum atomic E-state index is -0.249. The van der Waals surface area contributed by atoms with E-state index >= 15 is 0 Å². The van der Waals surface area contributed by atoms with Crippen LogP contribution in [0.3, 0.4) is 0 Å². The van der Waals surface area contributed by atoms with E-state index < -0.39 is 0 Å². The molecule has 1 aromatic heterocycles. The number of amides is 1. The lowest BCUT2D eigenvalue weighted by atomic mass is 10.2. The summed E-state index contributed by atoms with van der Waals surface area (Å²) in [5.41, 5.74) is 2.13. The van der Waals surface area contributed by atoms with Crippen molar-refractivity contribution in [2.45, 2.75) is 19.4 Å². The zero-order valence-corrected chi connectivity index (χ0v) is 16.3. The van der Waals surface area contributed by atoms with Crippen molar-refractivity contribution >= 4 is 16.8 Å². The Hall–Kier alpha value is -2.66. The van der Waals surface area contributed by atoms with Gasteiger partial charge in [0.2, 0.25) is 0 Å². The van der Waals surface area contributed by atoms with Gasteiger partial charge in [-0.2, -0.15) is 0 Å². The molecule has 0 saturated carbocycles. The maximum Gasteiger partial charge on any atom is 0.270 e. The summed E-state index contributed by atoms with van der Waals surface area (Å²) in [6.07, 6.45) is 2.49. The van der Waals surface area contributed by atoms with E-state index in [0.29, 0.717) is 24.3 Å². The van der Waals surface area contributed by atoms with Crippen LogP contribution in [-0.2, 0) is 6.54 Å². The minimum absolute atomic E-state index is 0.0215.